The quantitative estimate of drug-likeness (QED) is 0.127. The molecular weight excluding hydrogens is 618 g/mol. The molecule has 49 heavy (non-hydrogen) atoms. The highest BCUT2D eigenvalue weighted by Crippen LogP contribution is 2.68. The second kappa shape index (κ2) is 11.8. The predicted molar refractivity (Wildman–Crippen MR) is 188 cm³/mol. The van der Waals surface area contributed by atoms with Crippen LogP contribution in [0.3, 0.4) is 0 Å². The molecule has 1 aromatic carbocycles. The van der Waals surface area contributed by atoms with Crippen LogP contribution in [0.2, 0.25) is 0 Å². The minimum atomic E-state index is -1.57. The fourth-order valence-electron chi connectivity index (χ4n) is 8.93. The molecule has 2 heterocycles. The van der Waals surface area contributed by atoms with Crippen LogP contribution in [-0.4, -0.2) is 40.2 Å². The largest absolute Gasteiger partial charge is 0.477 e. The summed E-state index contributed by atoms with van der Waals surface area (Å²) < 4.78 is 20.2. The maximum absolute atomic E-state index is 15.1. The fraction of sp³-hybridized carbons (Fsp3) is 0.512. The number of amides is 1. The first-order chi connectivity index (χ1) is 22.9. The summed E-state index contributed by atoms with van der Waals surface area (Å²) in [7, 11) is 0. The maximum atomic E-state index is 15.1. The summed E-state index contributed by atoms with van der Waals surface area (Å²) in [5.41, 5.74) is 7.29. The van der Waals surface area contributed by atoms with Gasteiger partial charge in [0.15, 0.2) is 28.5 Å². The SMILES string of the molecule is CC(=O)Oc1c2c(c(CC=C(C)C)c3c1C(=O)C1=CC4CC5C(C)(C)OC(C/C=C(/C)C(N)=O)(C4=O)C15O3)CC(C)(CCC=C(C)C)C=C2. The molecule has 4 bridgehead atoms. The van der Waals surface area contributed by atoms with E-state index in [0.29, 0.717) is 41.7 Å². The second-order valence-electron chi connectivity index (χ2n) is 16.0. The molecule has 8 nitrogen and oxygen atoms in total. The third-order valence-corrected chi connectivity index (χ3v) is 11.3. The fourth-order valence-corrected chi connectivity index (χ4v) is 8.93. The molecule has 6 aliphatic rings. The van der Waals surface area contributed by atoms with Crippen molar-refractivity contribution in [1.29, 1.82) is 0 Å². The Labute approximate surface area is 289 Å². The van der Waals surface area contributed by atoms with E-state index in [0.717, 1.165) is 29.5 Å². The number of allylic oxidation sites excluding steroid dienone is 6. The number of hydrogen-bond donors (Lipinski definition) is 1. The van der Waals surface area contributed by atoms with Crippen LogP contribution in [0.15, 0.2) is 52.7 Å². The molecule has 1 amide bonds. The lowest BCUT2D eigenvalue weighted by atomic mass is 9.51. The van der Waals surface area contributed by atoms with Crippen molar-refractivity contribution in [2.24, 2.45) is 23.0 Å². The van der Waals surface area contributed by atoms with Crippen LogP contribution < -0.4 is 15.2 Å². The van der Waals surface area contributed by atoms with Crippen molar-refractivity contribution in [2.45, 2.75) is 118 Å². The Hall–Kier alpha value is -4.04. The topological polar surface area (TPSA) is 122 Å². The summed E-state index contributed by atoms with van der Waals surface area (Å²) in [5, 5.41) is 0. The van der Waals surface area contributed by atoms with Gasteiger partial charge in [0, 0.05) is 47.5 Å². The monoisotopic (exact) mass is 667 g/mol. The highest BCUT2D eigenvalue weighted by Gasteiger charge is 2.81. The lowest BCUT2D eigenvalue weighted by molar-refractivity contribution is -0.171. The van der Waals surface area contributed by atoms with Crippen molar-refractivity contribution >= 4 is 29.5 Å². The Morgan fingerprint density at radius 3 is 2.35 bits per heavy atom. The van der Waals surface area contributed by atoms with Gasteiger partial charge in [-0.1, -0.05) is 54.5 Å². The van der Waals surface area contributed by atoms with Crippen molar-refractivity contribution in [1.82, 2.24) is 0 Å². The van der Waals surface area contributed by atoms with E-state index in [-0.39, 0.29) is 40.6 Å². The van der Waals surface area contributed by atoms with Crippen LogP contribution in [0.4, 0.5) is 0 Å². The number of carbonyl (C=O) groups is 4. The lowest BCUT2D eigenvalue weighted by Gasteiger charge is -2.56. The van der Waals surface area contributed by atoms with E-state index in [1.54, 1.807) is 19.1 Å². The maximum Gasteiger partial charge on any atom is 0.308 e. The zero-order chi connectivity index (χ0) is 35.8. The van der Waals surface area contributed by atoms with Crippen LogP contribution in [0, 0.1) is 17.3 Å². The zero-order valence-electron chi connectivity index (χ0n) is 30.3. The molecule has 1 spiro atoms. The molecule has 1 aromatic rings. The number of ketones is 2. The van der Waals surface area contributed by atoms with E-state index in [4.69, 9.17) is 19.9 Å². The van der Waals surface area contributed by atoms with E-state index in [9.17, 15) is 14.4 Å². The minimum absolute atomic E-state index is 0.0210. The Kier molecular flexibility index (Phi) is 8.37. The van der Waals surface area contributed by atoms with E-state index in [1.165, 1.54) is 12.5 Å². The van der Waals surface area contributed by atoms with E-state index in [1.807, 2.05) is 33.8 Å². The number of ether oxygens (including phenoxy) is 3. The number of Topliss-reactive ketones (excluding diaryl/α,β-unsaturated/α-hetero) is 2. The normalized spacial score (nSPS) is 30.1. The summed E-state index contributed by atoms with van der Waals surface area (Å²) in [6.45, 7) is 17.3. The molecule has 0 radical (unpaired) electrons. The molecule has 2 aliphatic heterocycles. The minimum Gasteiger partial charge on any atom is -0.477 e. The van der Waals surface area contributed by atoms with Crippen molar-refractivity contribution in [3.8, 4) is 11.5 Å². The molecule has 2 N–H and O–H groups in total. The third kappa shape index (κ3) is 5.29. The Morgan fingerprint density at radius 2 is 1.71 bits per heavy atom. The molecule has 2 fully saturated rings. The number of nitrogens with two attached hydrogens (primary N) is 1. The van der Waals surface area contributed by atoms with Crippen molar-refractivity contribution in [3.05, 3.63) is 74.9 Å². The van der Waals surface area contributed by atoms with Crippen LogP contribution in [-0.2, 0) is 32.0 Å². The third-order valence-electron chi connectivity index (χ3n) is 11.3. The number of rotatable bonds is 9. The molecule has 4 aliphatic carbocycles. The van der Waals surface area contributed by atoms with Gasteiger partial charge in [-0.3, -0.25) is 19.2 Å². The average molecular weight is 668 g/mol. The van der Waals surface area contributed by atoms with Crippen molar-refractivity contribution in [3.63, 3.8) is 0 Å². The molecule has 1 saturated heterocycles. The summed E-state index contributed by atoms with van der Waals surface area (Å²) in [5.74, 6) is -2.00. The van der Waals surface area contributed by atoms with Gasteiger partial charge in [-0.2, -0.15) is 0 Å². The number of primary amides is 1. The van der Waals surface area contributed by atoms with Gasteiger partial charge in [-0.05, 0) is 91.5 Å². The van der Waals surface area contributed by atoms with E-state index < -0.39 is 34.6 Å². The first-order valence-electron chi connectivity index (χ1n) is 17.4. The van der Waals surface area contributed by atoms with Crippen LogP contribution in [0.1, 0.15) is 115 Å². The van der Waals surface area contributed by atoms with Gasteiger partial charge in [0.25, 0.3) is 0 Å². The average Bonchev–Trinajstić information content (AvgIpc) is 3.15. The first-order valence-corrected chi connectivity index (χ1v) is 17.4. The van der Waals surface area contributed by atoms with Crippen LogP contribution in [0.25, 0.3) is 6.08 Å². The molecule has 0 aromatic heterocycles. The number of benzene rings is 1. The molecule has 260 valence electrons. The second-order valence-corrected chi connectivity index (χ2v) is 16.0. The zero-order valence-corrected chi connectivity index (χ0v) is 30.3. The molecule has 8 heteroatoms. The van der Waals surface area contributed by atoms with Crippen molar-refractivity contribution < 1.29 is 33.4 Å². The lowest BCUT2D eigenvalue weighted by Crippen LogP contribution is -2.72. The van der Waals surface area contributed by atoms with Gasteiger partial charge in [-0.25, -0.2) is 0 Å². The van der Waals surface area contributed by atoms with Crippen LogP contribution in [0.5, 0.6) is 11.5 Å². The number of esters is 1. The highest BCUT2D eigenvalue weighted by atomic mass is 16.6. The van der Waals surface area contributed by atoms with Gasteiger partial charge >= 0.3 is 5.97 Å². The standard InChI is InChI=1S/C41H49NO7/c1-22(2)11-10-16-39(9)17-15-28-29(21-39)27(13-12-23(3)4)35-32(34(28)47-25(6)43)33(44)30-19-26-20-31-38(7,8)49-40(36(26)45,41(30,31)48-35)18-14-24(5)37(42)46/h11-12,14-15,17,19,26,31H,10,13,16,18,20-21H2,1-9H3,(H2,42,46)/b24-14-. The highest BCUT2D eigenvalue weighted by molar-refractivity contribution is 6.19. The molecule has 5 unspecified atom stereocenters. The smallest absolute Gasteiger partial charge is 0.308 e. The van der Waals surface area contributed by atoms with Gasteiger partial charge in [0.1, 0.15) is 11.3 Å². The summed E-state index contributed by atoms with van der Waals surface area (Å²) in [6.07, 6.45) is 15.4. The first kappa shape index (κ1) is 34.8. The predicted octanol–water partition coefficient (Wildman–Crippen LogP) is 7.27. The summed E-state index contributed by atoms with van der Waals surface area (Å²) >= 11 is 0. The Morgan fingerprint density at radius 1 is 1.02 bits per heavy atom. The number of carbonyl (C=O) groups excluding carboxylic acids is 4. The summed E-state index contributed by atoms with van der Waals surface area (Å²) in [4.78, 5) is 54.4. The molecular formula is C41H49NO7. The van der Waals surface area contributed by atoms with Crippen molar-refractivity contribution in [2.75, 3.05) is 0 Å². The molecule has 5 atom stereocenters. The van der Waals surface area contributed by atoms with Gasteiger partial charge in [-0.15, -0.1) is 0 Å². The Bertz CT molecular complexity index is 1850. The van der Waals surface area contributed by atoms with Gasteiger partial charge in [0.05, 0.1) is 5.60 Å². The Balaban J connectivity index is 1.64. The van der Waals surface area contributed by atoms with E-state index >= 15 is 4.79 Å². The van der Waals surface area contributed by atoms with E-state index in [2.05, 4.69) is 39.0 Å². The summed E-state index contributed by atoms with van der Waals surface area (Å²) in [6, 6.07) is 0. The number of fused-ring (bicyclic) bond motifs is 2. The van der Waals surface area contributed by atoms with Crippen LogP contribution >= 0.6 is 0 Å². The number of hydrogen-bond acceptors (Lipinski definition) is 7. The van der Waals surface area contributed by atoms with Gasteiger partial charge in [0.2, 0.25) is 5.91 Å². The van der Waals surface area contributed by atoms with Gasteiger partial charge < -0.3 is 19.9 Å². The molecule has 1 saturated carbocycles. The molecule has 7 rings (SSSR count).